The van der Waals surface area contributed by atoms with Gasteiger partial charge >= 0.3 is 0 Å². The maximum Gasteiger partial charge on any atom is 0.206 e. The van der Waals surface area contributed by atoms with E-state index in [-0.39, 0.29) is 11.1 Å². The Labute approximate surface area is 453 Å². The molecule has 0 aliphatic carbocycles. The van der Waals surface area contributed by atoms with Crippen LogP contribution in [0.5, 0.6) is 23.0 Å². The highest BCUT2D eigenvalue weighted by molar-refractivity contribution is 6.44. The fraction of sp³-hybridized carbons (Fsp3) is 0.758. The van der Waals surface area contributed by atoms with Gasteiger partial charge in [-0.25, -0.2) is 0 Å². The van der Waals surface area contributed by atoms with Crippen LogP contribution < -0.4 is 18.9 Å². The highest BCUT2D eigenvalue weighted by Gasteiger charge is 2.24. The normalized spacial score (nSPS) is 11.2. The molecule has 0 saturated carbocycles. The molecule has 422 valence electrons. The summed E-state index contributed by atoms with van der Waals surface area (Å²) >= 11 is 0. The van der Waals surface area contributed by atoms with Crippen LogP contribution >= 0.6 is 0 Å². The third-order valence-electron chi connectivity index (χ3n) is 14.4. The number of carbonyl (C=O) groups excluding carboxylic acids is 4. The fourth-order valence-electron chi connectivity index (χ4n) is 9.61. The Bertz CT molecular complexity index is 1490. The smallest absolute Gasteiger partial charge is 0.206 e. The van der Waals surface area contributed by atoms with Crippen molar-refractivity contribution in [2.24, 2.45) is 0 Å². The van der Waals surface area contributed by atoms with Crippen molar-refractivity contribution >= 4 is 23.1 Å². The number of ether oxygens (including phenoxy) is 4. The van der Waals surface area contributed by atoms with Crippen LogP contribution in [0.2, 0.25) is 0 Å². The average molecular weight is 1030 g/mol. The molecule has 2 rings (SSSR count). The molecule has 0 fully saturated rings. The van der Waals surface area contributed by atoms with E-state index in [2.05, 4.69) is 27.7 Å². The zero-order valence-electron chi connectivity index (χ0n) is 48.3. The van der Waals surface area contributed by atoms with Crippen LogP contribution in [0.15, 0.2) is 36.4 Å². The Hall–Kier alpha value is -3.68. The average Bonchev–Trinajstić information content (AvgIpc) is 3.40. The van der Waals surface area contributed by atoms with Gasteiger partial charge in [0.05, 0.1) is 39.3 Å². The summed E-state index contributed by atoms with van der Waals surface area (Å²) in [6, 6.07) is 10.2. The molecule has 74 heavy (non-hydrogen) atoms. The molecule has 8 nitrogen and oxygen atoms in total. The number of hydrogen-bond donors (Lipinski definition) is 0. The topological polar surface area (TPSA) is 105 Å². The Morgan fingerprint density at radius 2 is 0.432 bits per heavy atom. The van der Waals surface area contributed by atoms with Gasteiger partial charge < -0.3 is 18.9 Å². The molecule has 0 amide bonds. The summed E-state index contributed by atoms with van der Waals surface area (Å²) in [5.74, 6) is -0.735. The van der Waals surface area contributed by atoms with Crippen LogP contribution in [0.4, 0.5) is 0 Å². The van der Waals surface area contributed by atoms with Gasteiger partial charge in [-0.3, -0.25) is 19.2 Å². The summed E-state index contributed by atoms with van der Waals surface area (Å²) < 4.78 is 24.7. The lowest BCUT2D eigenvalue weighted by molar-refractivity contribution is -0.135. The van der Waals surface area contributed by atoms with Crippen LogP contribution in [0.25, 0.3) is 0 Å². The molecule has 0 saturated heterocycles. The molecule has 2 aromatic rings. The van der Waals surface area contributed by atoms with Crippen LogP contribution in [-0.4, -0.2) is 49.6 Å². The lowest BCUT2D eigenvalue weighted by Gasteiger charge is -2.13. The van der Waals surface area contributed by atoms with Gasteiger partial charge in [-0.15, -0.1) is 0 Å². The molecule has 0 radical (unpaired) electrons. The lowest BCUT2D eigenvalue weighted by atomic mass is 9.99. The summed E-state index contributed by atoms with van der Waals surface area (Å²) in [6.45, 7) is 11.1. The third-order valence-corrected chi connectivity index (χ3v) is 14.4. The predicted molar refractivity (Wildman–Crippen MR) is 310 cm³/mol. The van der Waals surface area contributed by atoms with Gasteiger partial charge in [-0.05, 0) is 49.9 Å². The molecule has 0 aromatic heterocycles. The number of ketones is 4. The van der Waals surface area contributed by atoms with Crippen LogP contribution in [-0.2, 0) is 9.59 Å². The first kappa shape index (κ1) is 66.4. The lowest BCUT2D eigenvalue weighted by Crippen LogP contribution is -2.21. The summed E-state index contributed by atoms with van der Waals surface area (Å²) in [5, 5.41) is 0. The minimum atomic E-state index is -0.890. The minimum Gasteiger partial charge on any atom is -0.493 e. The van der Waals surface area contributed by atoms with E-state index < -0.39 is 36.0 Å². The van der Waals surface area contributed by atoms with Crippen molar-refractivity contribution in [2.45, 2.75) is 297 Å². The Morgan fingerprint density at radius 1 is 0.257 bits per heavy atom. The van der Waals surface area contributed by atoms with Crippen molar-refractivity contribution in [1.82, 2.24) is 0 Å². The zero-order chi connectivity index (χ0) is 53.4. The minimum absolute atomic E-state index is 0.257. The van der Waals surface area contributed by atoms with Crippen molar-refractivity contribution in [3.63, 3.8) is 0 Å². The molecular formula is C66H110O8. The zero-order valence-corrected chi connectivity index (χ0v) is 48.3. The van der Waals surface area contributed by atoms with Crippen molar-refractivity contribution < 1.29 is 38.1 Å². The van der Waals surface area contributed by atoms with Gasteiger partial charge in [-0.2, -0.15) is 0 Å². The molecule has 0 atom stereocenters. The van der Waals surface area contributed by atoms with Crippen molar-refractivity contribution in [1.29, 1.82) is 0 Å². The van der Waals surface area contributed by atoms with E-state index >= 15 is 0 Å². The van der Waals surface area contributed by atoms with E-state index in [1.54, 1.807) is 24.3 Å². The fourth-order valence-corrected chi connectivity index (χ4v) is 9.61. The number of benzene rings is 2. The molecule has 0 N–H and O–H groups in total. The molecule has 0 aliphatic rings. The predicted octanol–water partition coefficient (Wildman–Crippen LogP) is 19.9. The molecule has 0 unspecified atom stereocenters. The van der Waals surface area contributed by atoms with Crippen LogP contribution in [0.1, 0.15) is 318 Å². The second-order valence-corrected chi connectivity index (χ2v) is 21.6. The highest BCUT2D eigenvalue weighted by Crippen LogP contribution is 2.28. The first-order valence-corrected chi connectivity index (χ1v) is 31.2. The van der Waals surface area contributed by atoms with E-state index in [4.69, 9.17) is 18.9 Å². The van der Waals surface area contributed by atoms with E-state index in [1.807, 2.05) is 12.1 Å². The second kappa shape index (κ2) is 47.7. The van der Waals surface area contributed by atoms with Crippen molar-refractivity contribution in [2.75, 3.05) is 26.4 Å². The maximum atomic E-state index is 13.7. The maximum absolute atomic E-state index is 13.7. The number of rotatable bonds is 55. The molecular weight excluding hydrogens is 921 g/mol. The quantitative estimate of drug-likeness (QED) is 0.0279. The summed E-state index contributed by atoms with van der Waals surface area (Å²) in [5.41, 5.74) is 0.514. The first-order chi connectivity index (χ1) is 36.3. The molecule has 8 heteroatoms. The molecule has 0 spiro atoms. The van der Waals surface area contributed by atoms with Gasteiger partial charge in [0.1, 0.15) is 23.0 Å². The van der Waals surface area contributed by atoms with E-state index in [1.165, 1.54) is 205 Å². The van der Waals surface area contributed by atoms with Gasteiger partial charge in [0.25, 0.3) is 0 Å². The van der Waals surface area contributed by atoms with Gasteiger partial charge in [0.2, 0.25) is 11.6 Å². The van der Waals surface area contributed by atoms with E-state index in [0.717, 1.165) is 51.4 Å². The number of Topliss-reactive ketones (excluding diaryl/α,β-unsaturated/α-hetero) is 4. The van der Waals surface area contributed by atoms with Gasteiger partial charge in [0.15, 0.2) is 11.6 Å². The van der Waals surface area contributed by atoms with E-state index in [9.17, 15) is 19.2 Å². The first-order valence-electron chi connectivity index (χ1n) is 31.2. The van der Waals surface area contributed by atoms with Gasteiger partial charge in [0, 0.05) is 23.3 Å². The standard InChI is InChI=1S/C66H110O8/c1-5-9-13-17-21-25-29-33-37-41-45-71-59-49-57(50-60(53-59)72-46-42-38-34-30-26-22-18-14-10-6-2)63(67)55-65(69)66(70)56-64(68)58-51-61(73-47-43-39-35-31-27-23-19-15-11-7-3)54-62(52-58)74-48-44-40-36-32-28-24-20-16-12-8-4/h49-54H,5-48,55-56H2,1-4H3. The highest BCUT2D eigenvalue weighted by atomic mass is 16.5. The molecule has 0 heterocycles. The third kappa shape index (κ3) is 36.3. The Morgan fingerprint density at radius 3 is 0.622 bits per heavy atom. The number of carbonyl (C=O) groups is 4. The Balaban J connectivity index is 2.02. The monoisotopic (exact) mass is 1030 g/mol. The van der Waals surface area contributed by atoms with E-state index in [0.29, 0.717) is 49.4 Å². The number of hydrogen-bond acceptors (Lipinski definition) is 8. The summed E-state index contributed by atoms with van der Waals surface area (Å²) in [6.07, 6.45) is 47.7. The molecule has 0 aliphatic heterocycles. The second-order valence-electron chi connectivity index (χ2n) is 21.6. The SMILES string of the molecule is CCCCCCCCCCCCOc1cc(OCCCCCCCCCCCC)cc(C(=O)CC(=O)C(=O)CC(=O)c2cc(OCCCCCCCCCCCC)cc(OCCCCCCCCCCCC)c2)c1. The number of unbranched alkanes of at least 4 members (excludes halogenated alkanes) is 36. The molecule has 2 aromatic carbocycles. The van der Waals surface area contributed by atoms with Gasteiger partial charge in [-0.1, -0.05) is 259 Å². The molecule has 0 bridgehead atoms. The van der Waals surface area contributed by atoms with Crippen LogP contribution in [0.3, 0.4) is 0 Å². The largest absolute Gasteiger partial charge is 0.493 e. The van der Waals surface area contributed by atoms with Crippen molar-refractivity contribution in [3.8, 4) is 23.0 Å². The van der Waals surface area contributed by atoms with Crippen molar-refractivity contribution in [3.05, 3.63) is 47.5 Å². The summed E-state index contributed by atoms with van der Waals surface area (Å²) in [7, 11) is 0. The summed E-state index contributed by atoms with van der Waals surface area (Å²) in [4.78, 5) is 54.2. The van der Waals surface area contributed by atoms with Crippen LogP contribution in [0, 0.1) is 0 Å². The Kier molecular flexibility index (Phi) is 42.9.